The van der Waals surface area contributed by atoms with Gasteiger partial charge >= 0.3 is 0 Å². The van der Waals surface area contributed by atoms with Crippen LogP contribution in [0.25, 0.3) is 10.9 Å². The molecule has 0 aliphatic rings. The number of thiol groups is 1. The van der Waals surface area contributed by atoms with Crippen molar-refractivity contribution in [2.45, 2.75) is 59.4 Å². The Labute approximate surface area is 207 Å². The number of aryl methyl sites for hydroxylation is 2. The molecule has 2 rings (SSSR count). The Morgan fingerprint density at radius 3 is 2.26 bits per heavy atom. The monoisotopic (exact) mass is 501 g/mol. The number of hydrogen-bond donors (Lipinski definition) is 5. The Bertz CT molecular complexity index is 1220. The van der Waals surface area contributed by atoms with Crippen LogP contribution in [-0.2, 0) is 33.3 Å². The Morgan fingerprint density at radius 1 is 1.03 bits per heavy atom. The Kier molecular flexibility index (Phi) is 10.1. The molecule has 0 fully saturated rings. The number of nitrogens with two attached hydrogens (primary N) is 1. The minimum Gasteiger partial charge on any atom is -0.384 e. The van der Waals surface area contributed by atoms with Crippen molar-refractivity contribution in [3.8, 4) is 0 Å². The summed E-state index contributed by atoms with van der Waals surface area (Å²) < 4.78 is 23.7. The van der Waals surface area contributed by atoms with Crippen molar-refractivity contribution >= 4 is 50.4 Å². The highest BCUT2D eigenvalue weighted by Crippen LogP contribution is 2.25. The summed E-state index contributed by atoms with van der Waals surface area (Å²) in [5.74, 6) is -2.90. The number of nitrogens with one attached hydrogen (secondary N) is 3. The fourth-order valence-electron chi connectivity index (χ4n) is 4.37. The third-order valence-electron chi connectivity index (χ3n) is 6.43. The standard InChI is InChI=1S/C25H35N5O4S/c1-4-15(22(26)24(32)19(5-2)23(27)21(31)11-12-35(33)34)9-10-18-13-16-7-8-17(25(28)29)14-20(16)30(18)6-3/h7-8,13-15,19,26-27,35H,4-6,9-12H2,1-3H3,(H3,28,29)/t15-,19+/m0/s1. The molecule has 0 aliphatic carbocycles. The minimum absolute atomic E-state index is 0.00618. The summed E-state index contributed by atoms with van der Waals surface area (Å²) >= 11 is 0. The molecule has 0 amide bonds. The number of benzene rings is 1. The summed E-state index contributed by atoms with van der Waals surface area (Å²) in [5, 5.41) is 25.4. The van der Waals surface area contributed by atoms with E-state index in [1.54, 1.807) is 6.92 Å². The van der Waals surface area contributed by atoms with E-state index >= 15 is 0 Å². The lowest BCUT2D eigenvalue weighted by Gasteiger charge is -2.20. The molecule has 35 heavy (non-hydrogen) atoms. The van der Waals surface area contributed by atoms with Gasteiger partial charge in [0, 0.05) is 35.7 Å². The van der Waals surface area contributed by atoms with Crippen LogP contribution in [-0.4, -0.2) is 47.6 Å². The van der Waals surface area contributed by atoms with Crippen LogP contribution in [0.1, 0.15) is 57.7 Å². The van der Waals surface area contributed by atoms with Crippen LogP contribution in [0.2, 0.25) is 0 Å². The summed E-state index contributed by atoms with van der Waals surface area (Å²) in [4.78, 5) is 25.3. The van der Waals surface area contributed by atoms with Gasteiger partial charge < -0.3 is 21.1 Å². The molecule has 0 aliphatic heterocycles. The second kappa shape index (κ2) is 12.5. The van der Waals surface area contributed by atoms with Crippen LogP contribution in [0.15, 0.2) is 24.3 Å². The Balaban J connectivity index is 2.18. The third kappa shape index (κ3) is 6.72. The van der Waals surface area contributed by atoms with Crippen LogP contribution in [0.4, 0.5) is 0 Å². The molecule has 1 heterocycles. The molecule has 9 nitrogen and oxygen atoms in total. The Morgan fingerprint density at radius 2 is 1.71 bits per heavy atom. The number of fused-ring (bicyclic) bond motifs is 1. The highest BCUT2D eigenvalue weighted by atomic mass is 32.2. The van der Waals surface area contributed by atoms with Gasteiger partial charge in [-0.3, -0.25) is 15.0 Å². The molecule has 190 valence electrons. The molecule has 0 unspecified atom stereocenters. The first kappa shape index (κ1) is 28.1. The van der Waals surface area contributed by atoms with Gasteiger partial charge in [0.15, 0.2) is 11.6 Å². The number of carbonyl (C=O) groups excluding carboxylic acids is 2. The van der Waals surface area contributed by atoms with Gasteiger partial charge in [-0.15, -0.1) is 0 Å². The van der Waals surface area contributed by atoms with E-state index in [9.17, 15) is 18.0 Å². The van der Waals surface area contributed by atoms with Gasteiger partial charge in [0.2, 0.25) is 0 Å². The summed E-state index contributed by atoms with van der Waals surface area (Å²) in [6.45, 7) is 6.34. The molecule has 0 saturated heterocycles. The van der Waals surface area contributed by atoms with Crippen molar-refractivity contribution < 1.29 is 18.0 Å². The van der Waals surface area contributed by atoms with Gasteiger partial charge in [0.1, 0.15) is 16.5 Å². The van der Waals surface area contributed by atoms with Crippen LogP contribution in [0, 0.1) is 28.1 Å². The van der Waals surface area contributed by atoms with Crippen LogP contribution in [0.5, 0.6) is 0 Å². The maximum absolute atomic E-state index is 13.1. The average Bonchev–Trinajstić information content (AvgIpc) is 3.19. The van der Waals surface area contributed by atoms with E-state index in [2.05, 4.69) is 10.6 Å². The van der Waals surface area contributed by atoms with E-state index in [4.69, 9.17) is 22.0 Å². The second-order valence-corrected chi connectivity index (χ2v) is 9.71. The summed E-state index contributed by atoms with van der Waals surface area (Å²) in [6.07, 6.45) is 1.65. The molecule has 1 aromatic heterocycles. The molecular formula is C25H35N5O4S. The van der Waals surface area contributed by atoms with Gasteiger partial charge in [0.05, 0.1) is 23.1 Å². The number of carbonyl (C=O) groups is 2. The van der Waals surface area contributed by atoms with Crippen molar-refractivity contribution in [1.29, 1.82) is 16.2 Å². The highest BCUT2D eigenvalue weighted by molar-refractivity contribution is 7.72. The molecule has 0 spiro atoms. The van der Waals surface area contributed by atoms with Crippen molar-refractivity contribution in [1.82, 2.24) is 4.57 Å². The van der Waals surface area contributed by atoms with Gasteiger partial charge in [-0.2, -0.15) is 0 Å². The van der Waals surface area contributed by atoms with E-state index in [0.29, 0.717) is 24.8 Å². The number of aromatic nitrogens is 1. The third-order valence-corrected chi connectivity index (χ3v) is 7.02. The lowest BCUT2D eigenvalue weighted by atomic mass is 9.83. The van der Waals surface area contributed by atoms with Crippen LogP contribution >= 0.6 is 0 Å². The maximum Gasteiger partial charge on any atom is 0.185 e. The highest BCUT2D eigenvalue weighted by Gasteiger charge is 2.31. The van der Waals surface area contributed by atoms with Crippen molar-refractivity contribution in [2.75, 3.05) is 5.75 Å². The lowest BCUT2D eigenvalue weighted by molar-refractivity contribution is -0.117. The smallest absolute Gasteiger partial charge is 0.185 e. The molecule has 2 atom stereocenters. The minimum atomic E-state index is -2.73. The molecule has 0 radical (unpaired) electrons. The number of hydrogen-bond acceptors (Lipinski definition) is 7. The topological polar surface area (TPSA) is 171 Å². The first-order valence-corrected chi connectivity index (χ1v) is 13.2. The first-order chi connectivity index (χ1) is 16.5. The zero-order valence-electron chi connectivity index (χ0n) is 20.5. The quantitative estimate of drug-likeness (QED) is 0.143. The van der Waals surface area contributed by atoms with Gasteiger partial charge in [-0.25, -0.2) is 8.42 Å². The number of nitrogens with zero attached hydrogens (tertiary/aromatic N) is 1. The fraction of sp³-hybridized carbons (Fsp3) is 0.480. The van der Waals surface area contributed by atoms with E-state index in [1.807, 2.05) is 32.0 Å². The largest absolute Gasteiger partial charge is 0.384 e. The molecular weight excluding hydrogens is 466 g/mol. The van der Waals surface area contributed by atoms with Crippen LogP contribution in [0.3, 0.4) is 0 Å². The number of amidine groups is 1. The SMILES string of the molecule is CC[C@@H](CCc1cc2ccc(C(=N)N)cc2n1CC)C(=N)C(=O)[C@H](CC)C(=N)C(=O)CC[SH](=O)=O. The number of Topliss-reactive ketones (excluding diaryl/α,β-unsaturated/α-hetero) is 2. The van der Waals surface area contributed by atoms with E-state index in [-0.39, 0.29) is 36.1 Å². The summed E-state index contributed by atoms with van der Waals surface area (Å²) in [6, 6.07) is 7.71. The summed E-state index contributed by atoms with van der Waals surface area (Å²) in [5.41, 5.74) is 7.82. The van der Waals surface area contributed by atoms with E-state index < -0.39 is 33.9 Å². The van der Waals surface area contributed by atoms with Gasteiger partial charge in [-0.1, -0.05) is 26.0 Å². The second-order valence-electron chi connectivity index (χ2n) is 8.59. The molecule has 2 aromatic rings. The normalized spacial score (nSPS) is 13.0. The average molecular weight is 502 g/mol. The summed E-state index contributed by atoms with van der Waals surface area (Å²) in [7, 11) is -2.73. The van der Waals surface area contributed by atoms with E-state index in [1.165, 1.54) is 0 Å². The lowest BCUT2D eigenvalue weighted by Crippen LogP contribution is -2.36. The molecule has 1 aromatic carbocycles. The maximum atomic E-state index is 13.1. The number of rotatable bonds is 15. The zero-order valence-corrected chi connectivity index (χ0v) is 21.4. The number of nitrogen functional groups attached to an aromatic ring is 1. The predicted octanol–water partition coefficient (Wildman–Crippen LogP) is 3.11. The zero-order chi connectivity index (χ0) is 26.3. The van der Waals surface area contributed by atoms with Crippen molar-refractivity contribution in [3.05, 3.63) is 35.5 Å². The predicted molar refractivity (Wildman–Crippen MR) is 140 cm³/mol. The first-order valence-electron chi connectivity index (χ1n) is 11.9. The van der Waals surface area contributed by atoms with Crippen molar-refractivity contribution in [2.24, 2.45) is 17.6 Å². The molecule has 0 bridgehead atoms. The molecule has 0 saturated carbocycles. The molecule has 5 N–H and O–H groups in total. The van der Waals surface area contributed by atoms with Gasteiger partial charge in [0.25, 0.3) is 0 Å². The molecule has 10 heteroatoms. The van der Waals surface area contributed by atoms with Crippen molar-refractivity contribution in [3.63, 3.8) is 0 Å². The Hall–Kier alpha value is -3.14. The fourth-order valence-corrected chi connectivity index (χ4v) is 4.75. The van der Waals surface area contributed by atoms with Crippen LogP contribution < -0.4 is 5.73 Å². The number of ketones is 2. The van der Waals surface area contributed by atoms with E-state index in [0.717, 1.165) is 23.1 Å². The van der Waals surface area contributed by atoms with Gasteiger partial charge in [-0.05, 0) is 50.1 Å².